The summed E-state index contributed by atoms with van der Waals surface area (Å²) >= 11 is 0. The van der Waals surface area contributed by atoms with Crippen LogP contribution in [0, 0.1) is 0 Å². The molecule has 1 heteroatoms. The van der Waals surface area contributed by atoms with Crippen LogP contribution in [-0.4, -0.2) is 14.1 Å². The first-order valence-corrected chi connectivity index (χ1v) is 4.51. The van der Waals surface area contributed by atoms with Crippen molar-refractivity contribution in [2.45, 2.75) is 19.8 Å². The van der Waals surface area contributed by atoms with Crippen LogP contribution in [0.3, 0.4) is 0 Å². The summed E-state index contributed by atoms with van der Waals surface area (Å²) in [6.07, 6.45) is 2.39. The molecule has 0 saturated heterocycles. The number of rotatable bonds is 3. The van der Waals surface area contributed by atoms with Gasteiger partial charge in [-0.1, -0.05) is 31.5 Å². The number of benzene rings is 1. The monoisotopic (exact) mass is 163 g/mol. The Morgan fingerprint density at radius 1 is 1.17 bits per heavy atom. The molecular weight excluding hydrogens is 146 g/mol. The van der Waals surface area contributed by atoms with Crippen molar-refractivity contribution in [3.63, 3.8) is 0 Å². The number of para-hydroxylation sites is 1. The molecule has 0 heterocycles. The lowest BCUT2D eigenvalue weighted by Crippen LogP contribution is -2.10. The predicted octanol–water partition coefficient (Wildman–Crippen LogP) is 2.71. The van der Waals surface area contributed by atoms with E-state index in [1.165, 1.54) is 24.1 Å². The lowest BCUT2D eigenvalue weighted by molar-refractivity contribution is 0.912. The summed E-state index contributed by atoms with van der Waals surface area (Å²) in [5.74, 6) is 0. The predicted molar refractivity (Wildman–Crippen MR) is 54.8 cm³/mol. The molecular formula is C11H17N. The van der Waals surface area contributed by atoms with Crippen molar-refractivity contribution in [1.82, 2.24) is 0 Å². The molecule has 0 spiro atoms. The Morgan fingerprint density at radius 2 is 1.83 bits per heavy atom. The van der Waals surface area contributed by atoms with Crippen molar-refractivity contribution in [2.24, 2.45) is 0 Å². The van der Waals surface area contributed by atoms with E-state index in [0.29, 0.717) is 0 Å². The van der Waals surface area contributed by atoms with E-state index < -0.39 is 0 Å². The standard InChI is InChI=1S/C11H17N/c1-4-7-10-8-5-6-9-11(10)12(2)3/h5-6,8-9H,4,7H2,1-3H3. The Kier molecular flexibility index (Phi) is 3.15. The Bertz CT molecular complexity index is 241. The number of aryl methyl sites for hydroxylation is 1. The van der Waals surface area contributed by atoms with Crippen LogP contribution in [0.2, 0.25) is 0 Å². The summed E-state index contributed by atoms with van der Waals surface area (Å²) in [7, 11) is 4.18. The van der Waals surface area contributed by atoms with E-state index in [2.05, 4.69) is 50.2 Å². The first-order chi connectivity index (χ1) is 5.75. The van der Waals surface area contributed by atoms with Gasteiger partial charge in [-0.3, -0.25) is 0 Å². The van der Waals surface area contributed by atoms with Gasteiger partial charge in [0.1, 0.15) is 0 Å². The zero-order valence-corrected chi connectivity index (χ0v) is 8.17. The molecule has 0 amide bonds. The number of nitrogens with zero attached hydrogens (tertiary/aromatic N) is 1. The minimum atomic E-state index is 1.17. The molecule has 1 rings (SSSR count). The highest BCUT2D eigenvalue weighted by molar-refractivity contribution is 5.52. The second-order valence-electron chi connectivity index (χ2n) is 3.27. The van der Waals surface area contributed by atoms with Gasteiger partial charge in [-0.25, -0.2) is 0 Å². The molecule has 1 aromatic rings. The summed E-state index contributed by atoms with van der Waals surface area (Å²) in [6.45, 7) is 2.21. The molecule has 12 heavy (non-hydrogen) atoms. The van der Waals surface area contributed by atoms with Gasteiger partial charge in [-0.2, -0.15) is 0 Å². The van der Waals surface area contributed by atoms with Crippen LogP contribution >= 0.6 is 0 Å². The van der Waals surface area contributed by atoms with Gasteiger partial charge in [-0.05, 0) is 18.1 Å². The van der Waals surface area contributed by atoms with Gasteiger partial charge in [0.15, 0.2) is 0 Å². The maximum absolute atomic E-state index is 2.21. The van der Waals surface area contributed by atoms with Gasteiger partial charge in [0.2, 0.25) is 0 Å². The van der Waals surface area contributed by atoms with Crippen LogP contribution < -0.4 is 4.90 Å². The van der Waals surface area contributed by atoms with Crippen LogP contribution in [0.4, 0.5) is 5.69 Å². The van der Waals surface area contributed by atoms with Crippen LogP contribution in [0.1, 0.15) is 18.9 Å². The van der Waals surface area contributed by atoms with Crippen molar-refractivity contribution < 1.29 is 0 Å². The molecule has 0 aliphatic carbocycles. The van der Waals surface area contributed by atoms with Crippen LogP contribution in [0.5, 0.6) is 0 Å². The van der Waals surface area contributed by atoms with E-state index in [9.17, 15) is 0 Å². The molecule has 0 unspecified atom stereocenters. The average Bonchev–Trinajstić information content (AvgIpc) is 2.05. The quantitative estimate of drug-likeness (QED) is 0.662. The Morgan fingerprint density at radius 3 is 2.42 bits per heavy atom. The minimum absolute atomic E-state index is 1.17. The summed E-state index contributed by atoms with van der Waals surface area (Å²) in [5.41, 5.74) is 2.80. The SMILES string of the molecule is CCCc1ccccc1N(C)C. The minimum Gasteiger partial charge on any atom is -0.377 e. The molecule has 0 bridgehead atoms. The van der Waals surface area contributed by atoms with Crippen molar-refractivity contribution in [1.29, 1.82) is 0 Å². The van der Waals surface area contributed by atoms with E-state index in [0.717, 1.165) is 0 Å². The lowest BCUT2D eigenvalue weighted by atomic mass is 10.1. The maximum Gasteiger partial charge on any atom is 0.0393 e. The molecule has 0 N–H and O–H groups in total. The van der Waals surface area contributed by atoms with Gasteiger partial charge in [0.25, 0.3) is 0 Å². The Labute approximate surface area is 75.0 Å². The van der Waals surface area contributed by atoms with E-state index in [-0.39, 0.29) is 0 Å². The summed E-state index contributed by atoms with van der Waals surface area (Å²) in [6, 6.07) is 8.58. The van der Waals surface area contributed by atoms with Gasteiger partial charge >= 0.3 is 0 Å². The molecule has 0 saturated carbocycles. The average molecular weight is 163 g/mol. The van der Waals surface area contributed by atoms with Gasteiger partial charge in [-0.15, -0.1) is 0 Å². The van der Waals surface area contributed by atoms with E-state index in [4.69, 9.17) is 0 Å². The molecule has 0 radical (unpaired) electrons. The third-order valence-corrected chi connectivity index (χ3v) is 1.99. The normalized spacial score (nSPS) is 9.92. The highest BCUT2D eigenvalue weighted by Gasteiger charge is 2.00. The van der Waals surface area contributed by atoms with Gasteiger partial charge in [0.05, 0.1) is 0 Å². The highest BCUT2D eigenvalue weighted by Crippen LogP contribution is 2.18. The zero-order valence-electron chi connectivity index (χ0n) is 8.17. The second kappa shape index (κ2) is 4.15. The topological polar surface area (TPSA) is 3.24 Å². The van der Waals surface area contributed by atoms with Gasteiger partial charge < -0.3 is 4.90 Å². The van der Waals surface area contributed by atoms with Crippen molar-refractivity contribution in [2.75, 3.05) is 19.0 Å². The summed E-state index contributed by atoms with van der Waals surface area (Å²) < 4.78 is 0. The third-order valence-electron chi connectivity index (χ3n) is 1.99. The van der Waals surface area contributed by atoms with Crippen LogP contribution in [0.25, 0.3) is 0 Å². The molecule has 1 aromatic carbocycles. The summed E-state index contributed by atoms with van der Waals surface area (Å²) in [5, 5.41) is 0. The second-order valence-corrected chi connectivity index (χ2v) is 3.27. The van der Waals surface area contributed by atoms with E-state index in [1.54, 1.807) is 0 Å². The highest BCUT2D eigenvalue weighted by atomic mass is 15.1. The molecule has 0 aliphatic rings. The molecule has 1 nitrogen and oxygen atoms in total. The Balaban J connectivity index is 2.92. The largest absolute Gasteiger partial charge is 0.377 e. The zero-order chi connectivity index (χ0) is 8.97. The van der Waals surface area contributed by atoms with Crippen molar-refractivity contribution in [3.8, 4) is 0 Å². The molecule has 0 atom stereocenters. The van der Waals surface area contributed by atoms with E-state index >= 15 is 0 Å². The molecule has 66 valence electrons. The van der Waals surface area contributed by atoms with Crippen LogP contribution in [0.15, 0.2) is 24.3 Å². The van der Waals surface area contributed by atoms with Crippen molar-refractivity contribution in [3.05, 3.63) is 29.8 Å². The van der Waals surface area contributed by atoms with Crippen LogP contribution in [-0.2, 0) is 6.42 Å². The summed E-state index contributed by atoms with van der Waals surface area (Å²) in [4.78, 5) is 2.17. The smallest absolute Gasteiger partial charge is 0.0393 e. The number of anilines is 1. The molecule has 0 aromatic heterocycles. The molecule has 0 fully saturated rings. The van der Waals surface area contributed by atoms with Gasteiger partial charge in [0, 0.05) is 19.8 Å². The first kappa shape index (κ1) is 9.11. The maximum atomic E-state index is 2.21. The number of hydrogen-bond donors (Lipinski definition) is 0. The van der Waals surface area contributed by atoms with Crippen molar-refractivity contribution >= 4 is 5.69 Å². The fraction of sp³-hybridized carbons (Fsp3) is 0.455. The lowest BCUT2D eigenvalue weighted by Gasteiger charge is -2.16. The van der Waals surface area contributed by atoms with E-state index in [1.807, 2.05) is 0 Å². The fourth-order valence-electron chi connectivity index (χ4n) is 1.43. The fourth-order valence-corrected chi connectivity index (χ4v) is 1.43. The Hall–Kier alpha value is -0.980. The molecule has 0 aliphatic heterocycles. The third kappa shape index (κ3) is 2.00. The number of hydrogen-bond acceptors (Lipinski definition) is 1. The first-order valence-electron chi connectivity index (χ1n) is 4.51.